The van der Waals surface area contributed by atoms with Crippen molar-refractivity contribution in [1.29, 1.82) is 5.26 Å². The van der Waals surface area contributed by atoms with Crippen LogP contribution in [0.15, 0.2) is 36.4 Å². The molecule has 2 rings (SSSR count). The van der Waals surface area contributed by atoms with Crippen LogP contribution in [0, 0.1) is 18.3 Å². The third-order valence-corrected chi connectivity index (χ3v) is 2.78. The molecule has 2 aromatic carbocycles. The molecule has 0 saturated heterocycles. The molecule has 0 atom stereocenters. The minimum absolute atomic E-state index is 0.0949. The Labute approximate surface area is 106 Å². The van der Waals surface area contributed by atoms with Crippen molar-refractivity contribution < 1.29 is 9.84 Å². The van der Waals surface area contributed by atoms with Crippen molar-refractivity contribution in [2.45, 2.75) is 6.92 Å². The lowest BCUT2D eigenvalue weighted by Crippen LogP contribution is -1.88. The molecule has 3 heteroatoms. The van der Waals surface area contributed by atoms with Gasteiger partial charge < -0.3 is 9.84 Å². The van der Waals surface area contributed by atoms with Crippen molar-refractivity contribution >= 4 is 0 Å². The van der Waals surface area contributed by atoms with Gasteiger partial charge in [-0.25, -0.2) is 0 Å². The fourth-order valence-electron chi connectivity index (χ4n) is 1.90. The molecule has 2 aromatic rings. The van der Waals surface area contributed by atoms with Crippen LogP contribution in [0.5, 0.6) is 11.5 Å². The molecule has 0 aromatic heterocycles. The van der Waals surface area contributed by atoms with Crippen molar-refractivity contribution in [1.82, 2.24) is 0 Å². The maximum absolute atomic E-state index is 9.58. The SMILES string of the molecule is COc1ccc(-c2cc(O)cc(C#N)c2)cc1C. The topological polar surface area (TPSA) is 53.2 Å². The number of phenolic OH excluding ortho intramolecular Hbond substituents is 1. The average Bonchev–Trinajstić information content (AvgIpc) is 2.37. The van der Waals surface area contributed by atoms with Gasteiger partial charge in [0.05, 0.1) is 18.7 Å². The Bertz CT molecular complexity index is 627. The summed E-state index contributed by atoms with van der Waals surface area (Å²) in [5.41, 5.74) is 3.22. The zero-order valence-electron chi connectivity index (χ0n) is 10.3. The van der Waals surface area contributed by atoms with Crippen molar-refractivity contribution in [2.24, 2.45) is 0 Å². The zero-order valence-corrected chi connectivity index (χ0v) is 10.3. The molecule has 90 valence electrons. The van der Waals surface area contributed by atoms with Crippen molar-refractivity contribution in [3.63, 3.8) is 0 Å². The fourth-order valence-corrected chi connectivity index (χ4v) is 1.90. The van der Waals surface area contributed by atoms with E-state index in [1.165, 1.54) is 6.07 Å². The normalized spacial score (nSPS) is 9.83. The first kappa shape index (κ1) is 12.0. The quantitative estimate of drug-likeness (QED) is 0.875. The van der Waals surface area contributed by atoms with Crippen LogP contribution in [0.2, 0.25) is 0 Å². The van der Waals surface area contributed by atoms with Crippen LogP contribution in [0.1, 0.15) is 11.1 Å². The Hall–Kier alpha value is -2.47. The molecule has 1 N–H and O–H groups in total. The van der Waals surface area contributed by atoms with Crippen molar-refractivity contribution in [2.75, 3.05) is 7.11 Å². The van der Waals surface area contributed by atoms with Crippen LogP contribution in [-0.4, -0.2) is 12.2 Å². The Morgan fingerprint density at radius 2 is 1.89 bits per heavy atom. The number of hydrogen-bond donors (Lipinski definition) is 1. The Kier molecular flexibility index (Phi) is 3.20. The highest BCUT2D eigenvalue weighted by Gasteiger charge is 2.05. The number of ether oxygens (including phenoxy) is 1. The third-order valence-electron chi connectivity index (χ3n) is 2.78. The molecule has 0 aliphatic heterocycles. The monoisotopic (exact) mass is 239 g/mol. The van der Waals surface area contributed by atoms with E-state index in [1.807, 2.05) is 31.2 Å². The van der Waals surface area contributed by atoms with Crippen LogP contribution >= 0.6 is 0 Å². The number of phenols is 1. The third kappa shape index (κ3) is 2.28. The first-order chi connectivity index (χ1) is 8.63. The Morgan fingerprint density at radius 1 is 1.11 bits per heavy atom. The van der Waals surface area contributed by atoms with Gasteiger partial charge in [0, 0.05) is 0 Å². The maximum atomic E-state index is 9.58. The summed E-state index contributed by atoms with van der Waals surface area (Å²) in [5.74, 6) is 0.914. The number of aromatic hydroxyl groups is 1. The summed E-state index contributed by atoms with van der Waals surface area (Å²) in [6, 6.07) is 12.6. The van der Waals surface area contributed by atoms with E-state index in [0.717, 1.165) is 22.4 Å². The second kappa shape index (κ2) is 4.80. The molecule has 0 heterocycles. The summed E-state index contributed by atoms with van der Waals surface area (Å²) in [4.78, 5) is 0. The van der Waals surface area contributed by atoms with Crippen LogP contribution in [0.4, 0.5) is 0 Å². The molecular weight excluding hydrogens is 226 g/mol. The number of nitriles is 1. The molecule has 0 unspecified atom stereocenters. The van der Waals surface area contributed by atoms with Gasteiger partial charge in [-0.05, 0) is 53.9 Å². The van der Waals surface area contributed by atoms with Crippen molar-refractivity contribution in [3.8, 4) is 28.7 Å². The molecule has 0 aliphatic rings. The highest BCUT2D eigenvalue weighted by molar-refractivity contribution is 5.68. The lowest BCUT2D eigenvalue weighted by atomic mass is 10.0. The van der Waals surface area contributed by atoms with Gasteiger partial charge in [0.1, 0.15) is 11.5 Å². The largest absolute Gasteiger partial charge is 0.508 e. The van der Waals surface area contributed by atoms with Gasteiger partial charge in [-0.2, -0.15) is 5.26 Å². The van der Waals surface area contributed by atoms with Gasteiger partial charge in [0.15, 0.2) is 0 Å². The van der Waals surface area contributed by atoms with Crippen LogP contribution < -0.4 is 4.74 Å². The summed E-state index contributed by atoms with van der Waals surface area (Å²) >= 11 is 0. The highest BCUT2D eigenvalue weighted by atomic mass is 16.5. The highest BCUT2D eigenvalue weighted by Crippen LogP contribution is 2.29. The standard InChI is InChI=1S/C15H13NO2/c1-10-5-12(3-4-15(10)18-2)13-6-11(9-16)7-14(17)8-13/h3-8,17H,1-2H3. The first-order valence-electron chi connectivity index (χ1n) is 5.53. The molecule has 0 amide bonds. The second-order valence-corrected chi connectivity index (χ2v) is 4.06. The van der Waals surface area contributed by atoms with E-state index in [-0.39, 0.29) is 5.75 Å². The minimum Gasteiger partial charge on any atom is -0.508 e. The molecule has 0 spiro atoms. The summed E-state index contributed by atoms with van der Waals surface area (Å²) < 4.78 is 5.20. The average molecular weight is 239 g/mol. The van der Waals surface area contributed by atoms with Gasteiger partial charge >= 0.3 is 0 Å². The number of hydrogen-bond acceptors (Lipinski definition) is 3. The molecule has 0 bridgehead atoms. The number of nitrogens with zero attached hydrogens (tertiary/aromatic N) is 1. The lowest BCUT2D eigenvalue weighted by molar-refractivity contribution is 0.412. The molecule has 3 nitrogen and oxygen atoms in total. The van der Waals surface area contributed by atoms with Gasteiger partial charge in [0.2, 0.25) is 0 Å². The predicted molar refractivity (Wildman–Crippen MR) is 69.5 cm³/mol. The Balaban J connectivity index is 2.52. The van der Waals surface area contributed by atoms with Gasteiger partial charge in [-0.3, -0.25) is 0 Å². The van der Waals surface area contributed by atoms with Crippen LogP contribution in [0.3, 0.4) is 0 Å². The second-order valence-electron chi connectivity index (χ2n) is 4.06. The summed E-state index contributed by atoms with van der Waals surface area (Å²) in [5, 5.41) is 18.5. The molecule has 0 fully saturated rings. The van der Waals surface area contributed by atoms with E-state index in [2.05, 4.69) is 0 Å². The molecule has 0 aliphatic carbocycles. The van der Waals surface area contributed by atoms with Gasteiger partial charge in [-0.15, -0.1) is 0 Å². The van der Waals surface area contributed by atoms with Crippen LogP contribution in [0.25, 0.3) is 11.1 Å². The smallest absolute Gasteiger partial charge is 0.121 e. The summed E-state index contributed by atoms with van der Waals surface area (Å²) in [6.07, 6.45) is 0. The van der Waals surface area contributed by atoms with E-state index in [0.29, 0.717) is 5.56 Å². The lowest BCUT2D eigenvalue weighted by Gasteiger charge is -2.08. The van der Waals surface area contributed by atoms with E-state index < -0.39 is 0 Å². The fraction of sp³-hybridized carbons (Fsp3) is 0.133. The van der Waals surface area contributed by atoms with E-state index in [1.54, 1.807) is 19.2 Å². The van der Waals surface area contributed by atoms with Gasteiger partial charge in [-0.1, -0.05) is 6.07 Å². The molecule has 0 radical (unpaired) electrons. The number of benzene rings is 2. The summed E-state index contributed by atoms with van der Waals surface area (Å²) in [7, 11) is 1.63. The Morgan fingerprint density at radius 3 is 2.50 bits per heavy atom. The number of methoxy groups -OCH3 is 1. The van der Waals surface area contributed by atoms with Crippen LogP contribution in [-0.2, 0) is 0 Å². The maximum Gasteiger partial charge on any atom is 0.121 e. The van der Waals surface area contributed by atoms with Crippen molar-refractivity contribution in [3.05, 3.63) is 47.5 Å². The van der Waals surface area contributed by atoms with E-state index >= 15 is 0 Å². The number of rotatable bonds is 2. The zero-order chi connectivity index (χ0) is 13.1. The van der Waals surface area contributed by atoms with E-state index in [9.17, 15) is 5.11 Å². The molecule has 18 heavy (non-hydrogen) atoms. The summed E-state index contributed by atoms with van der Waals surface area (Å²) in [6.45, 7) is 1.95. The molecular formula is C15H13NO2. The van der Waals surface area contributed by atoms with Gasteiger partial charge in [0.25, 0.3) is 0 Å². The minimum atomic E-state index is 0.0949. The predicted octanol–water partition coefficient (Wildman–Crippen LogP) is 3.25. The number of aryl methyl sites for hydroxylation is 1. The van der Waals surface area contributed by atoms with E-state index in [4.69, 9.17) is 10.00 Å². The molecule has 0 saturated carbocycles. The first-order valence-corrected chi connectivity index (χ1v) is 5.53.